The van der Waals surface area contributed by atoms with Crippen molar-refractivity contribution in [1.29, 1.82) is 0 Å². The molecule has 0 aliphatic carbocycles. The zero-order chi connectivity index (χ0) is 19.2. The topological polar surface area (TPSA) is 64.1 Å². The number of hydrogen-bond acceptors (Lipinski definition) is 4. The van der Waals surface area contributed by atoms with Crippen LogP contribution in [0.25, 0.3) is 0 Å². The van der Waals surface area contributed by atoms with Gasteiger partial charge >= 0.3 is 6.61 Å². The number of alkyl halides is 2. The molecule has 0 aliphatic rings. The summed E-state index contributed by atoms with van der Waals surface area (Å²) in [6, 6.07) is 5.02. The van der Waals surface area contributed by atoms with Crippen LogP contribution in [0.2, 0.25) is 0 Å². The normalized spacial score (nSPS) is 11.5. The van der Waals surface area contributed by atoms with Gasteiger partial charge in [0.1, 0.15) is 0 Å². The smallest absolute Gasteiger partial charge is 0.387 e. The highest BCUT2D eigenvalue weighted by atomic mass is 19.3. The number of benzene rings is 1. The standard InChI is InChI=1S/C18H29F2N3O3/c1-4-21-18(22-10-6-12-25-5-2)23-11-9-14-7-8-15(24-3)16(13-14)26-17(19)20/h7-8,13,17H,4-6,9-12H2,1-3H3,(H2,21,22,23). The molecule has 0 aromatic heterocycles. The molecule has 26 heavy (non-hydrogen) atoms. The fourth-order valence-corrected chi connectivity index (χ4v) is 2.23. The quantitative estimate of drug-likeness (QED) is 0.335. The molecule has 1 rings (SSSR count). The first-order valence-electron chi connectivity index (χ1n) is 8.82. The molecule has 1 aromatic rings. The summed E-state index contributed by atoms with van der Waals surface area (Å²) in [7, 11) is 1.42. The first kappa shape index (κ1) is 22.0. The molecule has 0 saturated heterocycles. The monoisotopic (exact) mass is 373 g/mol. The van der Waals surface area contributed by atoms with Crippen molar-refractivity contribution >= 4 is 5.96 Å². The van der Waals surface area contributed by atoms with Gasteiger partial charge in [0, 0.05) is 32.8 Å². The molecule has 0 spiro atoms. The van der Waals surface area contributed by atoms with Gasteiger partial charge in [0.15, 0.2) is 17.5 Å². The summed E-state index contributed by atoms with van der Waals surface area (Å²) in [5.41, 5.74) is 0.862. The van der Waals surface area contributed by atoms with Gasteiger partial charge in [0.2, 0.25) is 0 Å². The minimum absolute atomic E-state index is 0.0384. The van der Waals surface area contributed by atoms with E-state index in [1.165, 1.54) is 7.11 Å². The number of rotatable bonds is 12. The van der Waals surface area contributed by atoms with Crippen molar-refractivity contribution in [3.05, 3.63) is 23.8 Å². The first-order valence-corrected chi connectivity index (χ1v) is 8.82. The molecular weight excluding hydrogens is 344 g/mol. The van der Waals surface area contributed by atoms with Crippen molar-refractivity contribution in [2.75, 3.05) is 40.0 Å². The van der Waals surface area contributed by atoms with E-state index in [1.807, 2.05) is 19.9 Å². The number of hydrogen-bond donors (Lipinski definition) is 2. The van der Waals surface area contributed by atoms with Gasteiger partial charge in [-0.25, -0.2) is 0 Å². The molecule has 2 N–H and O–H groups in total. The maximum Gasteiger partial charge on any atom is 0.387 e. The molecule has 0 atom stereocenters. The van der Waals surface area contributed by atoms with Crippen molar-refractivity contribution in [3.8, 4) is 11.5 Å². The summed E-state index contributed by atoms with van der Waals surface area (Å²) < 4.78 is 39.8. The summed E-state index contributed by atoms with van der Waals surface area (Å²) in [6.45, 7) is 4.51. The maximum absolute atomic E-state index is 12.5. The third kappa shape index (κ3) is 8.84. The van der Waals surface area contributed by atoms with Gasteiger partial charge in [-0.05, 0) is 44.4 Å². The summed E-state index contributed by atoms with van der Waals surface area (Å²) in [5, 5.41) is 6.40. The molecule has 148 valence electrons. The van der Waals surface area contributed by atoms with Gasteiger partial charge in [0.25, 0.3) is 0 Å². The summed E-state index contributed by atoms with van der Waals surface area (Å²) in [5.74, 6) is 1.05. The number of guanidine groups is 1. The lowest BCUT2D eigenvalue weighted by Crippen LogP contribution is -2.38. The predicted octanol–water partition coefficient (Wildman–Crippen LogP) is 2.82. The summed E-state index contributed by atoms with van der Waals surface area (Å²) in [6.07, 6.45) is 1.49. The maximum atomic E-state index is 12.5. The number of nitrogens with one attached hydrogen (secondary N) is 2. The van der Waals surface area contributed by atoms with Crippen LogP contribution in [0, 0.1) is 0 Å². The van der Waals surface area contributed by atoms with Gasteiger partial charge in [-0.15, -0.1) is 0 Å². The molecule has 0 amide bonds. The van der Waals surface area contributed by atoms with Crippen LogP contribution < -0.4 is 20.1 Å². The fraction of sp³-hybridized carbons (Fsp3) is 0.611. The van der Waals surface area contributed by atoms with Crippen LogP contribution >= 0.6 is 0 Å². The zero-order valence-electron chi connectivity index (χ0n) is 15.7. The van der Waals surface area contributed by atoms with E-state index in [0.29, 0.717) is 32.7 Å². The van der Waals surface area contributed by atoms with E-state index in [1.54, 1.807) is 12.1 Å². The predicted molar refractivity (Wildman–Crippen MR) is 98.4 cm³/mol. The molecule has 0 fully saturated rings. The van der Waals surface area contributed by atoms with Crippen molar-refractivity contribution in [2.45, 2.75) is 33.3 Å². The minimum atomic E-state index is -2.89. The Morgan fingerprint density at radius 3 is 2.65 bits per heavy atom. The third-order valence-electron chi connectivity index (χ3n) is 3.42. The van der Waals surface area contributed by atoms with E-state index >= 15 is 0 Å². The van der Waals surface area contributed by atoms with Crippen LogP contribution in [0.4, 0.5) is 8.78 Å². The lowest BCUT2D eigenvalue weighted by Gasteiger charge is -2.13. The highest BCUT2D eigenvalue weighted by Gasteiger charge is 2.11. The Hall–Kier alpha value is -2.09. The van der Waals surface area contributed by atoms with Crippen LogP contribution in [0.5, 0.6) is 11.5 Å². The lowest BCUT2D eigenvalue weighted by atomic mass is 10.1. The van der Waals surface area contributed by atoms with Crippen molar-refractivity contribution < 1.29 is 23.0 Å². The Morgan fingerprint density at radius 1 is 1.19 bits per heavy atom. The highest BCUT2D eigenvalue weighted by molar-refractivity contribution is 5.79. The van der Waals surface area contributed by atoms with E-state index in [9.17, 15) is 8.78 Å². The van der Waals surface area contributed by atoms with Gasteiger partial charge in [-0.3, -0.25) is 4.99 Å². The van der Waals surface area contributed by atoms with Gasteiger partial charge in [0.05, 0.1) is 7.11 Å². The molecule has 0 saturated carbocycles. The molecule has 6 nitrogen and oxygen atoms in total. The average molecular weight is 373 g/mol. The third-order valence-corrected chi connectivity index (χ3v) is 3.42. The van der Waals surface area contributed by atoms with Crippen molar-refractivity contribution in [2.24, 2.45) is 4.99 Å². The Morgan fingerprint density at radius 2 is 2.00 bits per heavy atom. The lowest BCUT2D eigenvalue weighted by molar-refractivity contribution is -0.0512. The number of halogens is 2. The van der Waals surface area contributed by atoms with Crippen LogP contribution in [-0.4, -0.2) is 52.5 Å². The Balaban J connectivity index is 2.53. The van der Waals surface area contributed by atoms with Crippen LogP contribution in [0.15, 0.2) is 23.2 Å². The van der Waals surface area contributed by atoms with E-state index in [0.717, 1.165) is 24.5 Å². The Kier molecular flexibility index (Phi) is 11.1. The second kappa shape index (κ2) is 13.2. The fourth-order valence-electron chi connectivity index (χ4n) is 2.23. The van der Waals surface area contributed by atoms with E-state index < -0.39 is 6.61 Å². The summed E-state index contributed by atoms with van der Waals surface area (Å²) in [4.78, 5) is 4.47. The van der Waals surface area contributed by atoms with Gasteiger partial charge < -0.3 is 24.8 Å². The summed E-state index contributed by atoms with van der Waals surface area (Å²) >= 11 is 0. The second-order valence-electron chi connectivity index (χ2n) is 5.35. The Bertz CT molecular complexity index is 542. The number of ether oxygens (including phenoxy) is 3. The van der Waals surface area contributed by atoms with Gasteiger partial charge in [-0.2, -0.15) is 8.78 Å². The van der Waals surface area contributed by atoms with Crippen LogP contribution in [0.1, 0.15) is 25.8 Å². The highest BCUT2D eigenvalue weighted by Crippen LogP contribution is 2.29. The van der Waals surface area contributed by atoms with E-state index in [2.05, 4.69) is 20.4 Å². The largest absolute Gasteiger partial charge is 0.493 e. The number of nitrogens with zero attached hydrogens (tertiary/aromatic N) is 1. The number of aliphatic imine (C=N–C) groups is 1. The minimum Gasteiger partial charge on any atom is -0.493 e. The number of methoxy groups -OCH3 is 1. The van der Waals surface area contributed by atoms with Crippen LogP contribution in [-0.2, 0) is 11.2 Å². The first-order chi connectivity index (χ1) is 12.6. The molecule has 0 unspecified atom stereocenters. The van der Waals surface area contributed by atoms with E-state index in [4.69, 9.17) is 9.47 Å². The second-order valence-corrected chi connectivity index (χ2v) is 5.35. The molecular formula is C18H29F2N3O3. The average Bonchev–Trinajstić information content (AvgIpc) is 2.61. The van der Waals surface area contributed by atoms with E-state index in [-0.39, 0.29) is 11.5 Å². The molecule has 0 heterocycles. The van der Waals surface area contributed by atoms with Crippen LogP contribution in [0.3, 0.4) is 0 Å². The van der Waals surface area contributed by atoms with Crippen molar-refractivity contribution in [1.82, 2.24) is 10.6 Å². The molecule has 0 aliphatic heterocycles. The molecule has 8 heteroatoms. The SMILES string of the molecule is CCNC(=NCCCOCC)NCCc1ccc(OC)c(OC(F)F)c1. The zero-order valence-corrected chi connectivity index (χ0v) is 15.7. The Labute approximate surface area is 153 Å². The van der Waals surface area contributed by atoms with Gasteiger partial charge in [-0.1, -0.05) is 6.07 Å². The molecule has 0 radical (unpaired) electrons. The molecule has 1 aromatic carbocycles. The molecule has 0 bridgehead atoms. The van der Waals surface area contributed by atoms with Crippen molar-refractivity contribution in [3.63, 3.8) is 0 Å².